The molecular formula is C20H21F3N6O2. The highest BCUT2D eigenvalue weighted by atomic mass is 19.4. The Morgan fingerprint density at radius 1 is 1.19 bits per heavy atom. The normalized spacial score (nSPS) is 11.6. The van der Waals surface area contributed by atoms with E-state index in [0.29, 0.717) is 11.4 Å². The van der Waals surface area contributed by atoms with Crippen LogP contribution in [0.5, 0.6) is 0 Å². The molecule has 0 aliphatic rings. The number of hydrogen-bond acceptors (Lipinski definition) is 6. The minimum Gasteiger partial charge on any atom is -0.324 e. The van der Waals surface area contributed by atoms with Gasteiger partial charge in [0.15, 0.2) is 0 Å². The van der Waals surface area contributed by atoms with Gasteiger partial charge in [0.05, 0.1) is 17.6 Å². The zero-order chi connectivity index (χ0) is 22.8. The number of anilines is 2. The Bertz CT molecular complexity index is 1060. The summed E-state index contributed by atoms with van der Waals surface area (Å²) in [5.74, 6) is -0.164. The zero-order valence-corrected chi connectivity index (χ0v) is 17.1. The van der Waals surface area contributed by atoms with Crippen molar-refractivity contribution in [1.82, 2.24) is 25.0 Å². The number of amides is 1. The number of hydrogen-bond donors (Lipinski definition) is 2. The fourth-order valence-corrected chi connectivity index (χ4v) is 3.23. The largest absolute Gasteiger partial charge is 0.406 e. The first kappa shape index (κ1) is 22.2. The minimum absolute atomic E-state index is 0.0763. The molecule has 11 heteroatoms. The van der Waals surface area contributed by atoms with Gasteiger partial charge in [-0.25, -0.2) is 20.4 Å². The van der Waals surface area contributed by atoms with E-state index in [1.807, 2.05) is 25.3 Å². The van der Waals surface area contributed by atoms with Crippen molar-refractivity contribution in [2.75, 3.05) is 11.4 Å². The number of nitrogens with zero attached hydrogens (tertiary/aromatic N) is 5. The molecule has 2 heterocycles. The molecule has 3 rings (SSSR count). The van der Waals surface area contributed by atoms with Crippen LogP contribution in [-0.4, -0.2) is 43.4 Å². The maximum Gasteiger partial charge on any atom is 0.406 e. The molecule has 3 aromatic rings. The second-order valence-corrected chi connectivity index (χ2v) is 7.09. The predicted molar refractivity (Wildman–Crippen MR) is 107 cm³/mol. The van der Waals surface area contributed by atoms with Crippen LogP contribution in [0.2, 0.25) is 0 Å². The topological polar surface area (TPSA) is 96.2 Å². The maximum atomic E-state index is 13.3. The minimum atomic E-state index is -4.53. The molecule has 2 N–H and O–H groups in total. The Morgan fingerprint density at radius 2 is 1.87 bits per heavy atom. The number of rotatable bonds is 6. The summed E-state index contributed by atoms with van der Waals surface area (Å²) in [7, 11) is 0. The van der Waals surface area contributed by atoms with Crippen molar-refractivity contribution in [2.45, 2.75) is 33.0 Å². The summed E-state index contributed by atoms with van der Waals surface area (Å²) in [5.41, 5.74) is 2.80. The Hall–Kier alpha value is -3.47. The first-order valence-corrected chi connectivity index (χ1v) is 9.36. The van der Waals surface area contributed by atoms with Gasteiger partial charge in [-0.1, -0.05) is 0 Å². The van der Waals surface area contributed by atoms with Crippen LogP contribution in [0.4, 0.5) is 24.8 Å². The molecule has 1 aromatic carbocycles. The average Bonchev–Trinajstić information content (AvgIpc) is 3.13. The summed E-state index contributed by atoms with van der Waals surface area (Å²) in [6.45, 7) is 4.46. The second kappa shape index (κ2) is 8.72. The molecule has 0 aliphatic heterocycles. The standard InChI is InChI=1S/C20H21F3N6O2/c1-12(2)29-13(3)25-10-17(29)16-8-9-24-19(26-16)28(11-20(21,22)23)15-6-4-14(5-7-15)18(30)27-31/h4-10,12,31H,11H2,1-3H3,(H,27,30). The molecule has 164 valence electrons. The van der Waals surface area contributed by atoms with Crippen LogP contribution < -0.4 is 10.4 Å². The molecule has 0 saturated heterocycles. The molecule has 31 heavy (non-hydrogen) atoms. The monoisotopic (exact) mass is 434 g/mol. The zero-order valence-electron chi connectivity index (χ0n) is 17.1. The molecule has 0 saturated carbocycles. The van der Waals surface area contributed by atoms with Crippen LogP contribution in [0.3, 0.4) is 0 Å². The number of benzene rings is 1. The number of carbonyl (C=O) groups excluding carboxylic acids is 1. The van der Waals surface area contributed by atoms with Crippen molar-refractivity contribution in [1.29, 1.82) is 0 Å². The van der Waals surface area contributed by atoms with Crippen molar-refractivity contribution in [3.8, 4) is 11.4 Å². The summed E-state index contributed by atoms with van der Waals surface area (Å²) in [4.78, 5) is 25.1. The number of alkyl halides is 3. The van der Waals surface area contributed by atoms with Crippen molar-refractivity contribution in [2.24, 2.45) is 0 Å². The van der Waals surface area contributed by atoms with Gasteiger partial charge in [-0.15, -0.1) is 0 Å². The number of halogens is 3. The molecule has 0 unspecified atom stereocenters. The van der Waals surface area contributed by atoms with Crippen LogP contribution in [0.1, 0.15) is 36.1 Å². The van der Waals surface area contributed by atoms with Gasteiger partial charge in [-0.05, 0) is 51.1 Å². The second-order valence-electron chi connectivity index (χ2n) is 7.09. The van der Waals surface area contributed by atoms with E-state index < -0.39 is 18.6 Å². The third-order valence-corrected chi connectivity index (χ3v) is 4.53. The predicted octanol–water partition coefficient (Wildman–Crippen LogP) is 4.05. The van der Waals surface area contributed by atoms with Gasteiger partial charge in [-0.2, -0.15) is 13.2 Å². The lowest BCUT2D eigenvalue weighted by Gasteiger charge is -2.24. The Morgan fingerprint density at radius 3 is 2.45 bits per heavy atom. The van der Waals surface area contributed by atoms with Gasteiger partial charge in [0.25, 0.3) is 5.91 Å². The number of nitrogens with one attached hydrogen (secondary N) is 1. The first-order valence-electron chi connectivity index (χ1n) is 9.36. The molecular weight excluding hydrogens is 413 g/mol. The molecule has 0 radical (unpaired) electrons. The molecule has 8 nitrogen and oxygen atoms in total. The molecule has 0 spiro atoms. The number of imidazole rings is 1. The third-order valence-electron chi connectivity index (χ3n) is 4.53. The highest BCUT2D eigenvalue weighted by molar-refractivity contribution is 5.93. The summed E-state index contributed by atoms with van der Waals surface area (Å²) in [6, 6.07) is 6.94. The third kappa shape index (κ3) is 5.00. The van der Waals surface area contributed by atoms with Crippen molar-refractivity contribution >= 4 is 17.5 Å². The van der Waals surface area contributed by atoms with E-state index in [1.54, 1.807) is 12.3 Å². The van der Waals surface area contributed by atoms with E-state index in [2.05, 4.69) is 15.0 Å². The van der Waals surface area contributed by atoms with Crippen molar-refractivity contribution in [3.63, 3.8) is 0 Å². The first-order chi connectivity index (χ1) is 14.6. The van der Waals surface area contributed by atoms with E-state index in [9.17, 15) is 18.0 Å². The maximum absolute atomic E-state index is 13.3. The summed E-state index contributed by atoms with van der Waals surface area (Å²) < 4.78 is 41.9. The molecule has 0 fully saturated rings. The lowest BCUT2D eigenvalue weighted by molar-refractivity contribution is -0.118. The summed E-state index contributed by atoms with van der Waals surface area (Å²) >= 11 is 0. The van der Waals surface area contributed by atoms with E-state index in [-0.39, 0.29) is 23.2 Å². The highest BCUT2D eigenvalue weighted by Gasteiger charge is 2.33. The summed E-state index contributed by atoms with van der Waals surface area (Å²) in [6.07, 6.45) is -1.52. The molecule has 2 aromatic heterocycles. The van der Waals surface area contributed by atoms with Crippen molar-refractivity contribution in [3.05, 3.63) is 54.1 Å². The molecule has 0 bridgehead atoms. The summed E-state index contributed by atoms with van der Waals surface area (Å²) in [5, 5.41) is 8.71. The van der Waals surface area contributed by atoms with Crippen LogP contribution in [0, 0.1) is 6.92 Å². The van der Waals surface area contributed by atoms with Gasteiger partial charge in [0, 0.05) is 23.5 Å². The van der Waals surface area contributed by atoms with Gasteiger partial charge >= 0.3 is 6.18 Å². The molecule has 0 atom stereocenters. The van der Waals surface area contributed by atoms with Gasteiger partial charge in [-0.3, -0.25) is 10.0 Å². The van der Waals surface area contributed by atoms with E-state index in [4.69, 9.17) is 5.21 Å². The SMILES string of the molecule is Cc1ncc(-c2ccnc(N(CC(F)(F)F)c3ccc(C(=O)NO)cc3)n2)n1C(C)C. The number of carbonyl (C=O) groups is 1. The van der Waals surface area contributed by atoms with Crippen LogP contribution in [0.25, 0.3) is 11.4 Å². The van der Waals surface area contributed by atoms with Crippen LogP contribution in [0.15, 0.2) is 42.7 Å². The van der Waals surface area contributed by atoms with Crippen molar-refractivity contribution < 1.29 is 23.2 Å². The van der Waals surface area contributed by atoms with Gasteiger partial charge in [0.1, 0.15) is 12.4 Å². The smallest absolute Gasteiger partial charge is 0.324 e. The average molecular weight is 434 g/mol. The molecule has 1 amide bonds. The number of aryl methyl sites for hydroxylation is 1. The van der Waals surface area contributed by atoms with E-state index >= 15 is 0 Å². The quantitative estimate of drug-likeness (QED) is 0.449. The Balaban J connectivity index is 2.05. The van der Waals surface area contributed by atoms with Crippen LogP contribution >= 0.6 is 0 Å². The lowest BCUT2D eigenvalue weighted by atomic mass is 10.2. The number of aromatic nitrogens is 4. The van der Waals surface area contributed by atoms with Gasteiger partial charge in [0.2, 0.25) is 5.95 Å². The van der Waals surface area contributed by atoms with E-state index in [1.165, 1.54) is 35.9 Å². The Labute approximate surface area is 176 Å². The fourth-order valence-electron chi connectivity index (χ4n) is 3.23. The lowest BCUT2D eigenvalue weighted by Crippen LogP contribution is -2.32. The highest BCUT2D eigenvalue weighted by Crippen LogP contribution is 2.30. The van der Waals surface area contributed by atoms with E-state index in [0.717, 1.165) is 10.7 Å². The Kier molecular flexibility index (Phi) is 6.25. The molecule has 0 aliphatic carbocycles. The number of hydroxylamine groups is 1. The van der Waals surface area contributed by atoms with Gasteiger partial charge < -0.3 is 9.47 Å². The fraction of sp³-hybridized carbons (Fsp3) is 0.300. The van der Waals surface area contributed by atoms with Crippen LogP contribution in [-0.2, 0) is 0 Å².